The second-order valence-electron chi connectivity index (χ2n) is 7.15. The summed E-state index contributed by atoms with van der Waals surface area (Å²) < 4.78 is 26.7. The maximum absolute atomic E-state index is 13.5. The van der Waals surface area contributed by atoms with Crippen LogP contribution in [-0.2, 0) is 6.54 Å². The predicted octanol–water partition coefficient (Wildman–Crippen LogP) is 3.73. The van der Waals surface area contributed by atoms with Gasteiger partial charge in [0.1, 0.15) is 6.33 Å². The molecule has 2 aromatic carbocycles. The minimum Gasteiger partial charge on any atom is -0.348 e. The van der Waals surface area contributed by atoms with Crippen molar-refractivity contribution in [2.24, 2.45) is 0 Å². The van der Waals surface area contributed by atoms with E-state index in [4.69, 9.17) is 0 Å². The Kier molecular flexibility index (Phi) is 5.99. The average molecular weight is 426 g/mol. The quantitative estimate of drug-likeness (QED) is 0.475. The van der Waals surface area contributed by atoms with Crippen LogP contribution in [0.1, 0.15) is 5.56 Å². The van der Waals surface area contributed by atoms with E-state index in [-0.39, 0.29) is 23.0 Å². The Bertz CT molecular complexity index is 1070. The van der Waals surface area contributed by atoms with Crippen molar-refractivity contribution >= 4 is 23.0 Å². The Morgan fingerprint density at radius 3 is 2.42 bits per heavy atom. The molecule has 0 spiro atoms. The standard InChI is InChI=1S/C21H20F2N6O2/c22-17-7-6-16(12-18(17)23)26-20-19(29(30)31)21(25-14-24-20)28-10-8-27(9-11-28)13-15-4-2-1-3-5-15/h1-7,12,14H,8-11,13H2,(H,24,25,26). The lowest BCUT2D eigenvalue weighted by molar-refractivity contribution is -0.383. The number of anilines is 3. The van der Waals surface area contributed by atoms with Gasteiger partial charge < -0.3 is 10.2 Å². The summed E-state index contributed by atoms with van der Waals surface area (Å²) in [6, 6.07) is 13.2. The summed E-state index contributed by atoms with van der Waals surface area (Å²) in [5.74, 6) is -1.94. The number of halogens is 2. The van der Waals surface area contributed by atoms with E-state index < -0.39 is 16.6 Å². The largest absolute Gasteiger partial charge is 0.353 e. The first-order valence-electron chi connectivity index (χ1n) is 9.74. The van der Waals surface area contributed by atoms with Crippen LogP contribution in [0.15, 0.2) is 54.9 Å². The Morgan fingerprint density at radius 1 is 1.00 bits per heavy atom. The predicted molar refractivity (Wildman–Crippen MR) is 112 cm³/mol. The highest BCUT2D eigenvalue weighted by molar-refractivity contribution is 5.74. The van der Waals surface area contributed by atoms with E-state index in [1.165, 1.54) is 18.0 Å². The van der Waals surface area contributed by atoms with Crippen LogP contribution in [0.25, 0.3) is 0 Å². The topological polar surface area (TPSA) is 87.4 Å². The number of nitrogens with zero attached hydrogens (tertiary/aromatic N) is 5. The molecule has 0 atom stereocenters. The molecule has 31 heavy (non-hydrogen) atoms. The number of nitro groups is 1. The lowest BCUT2D eigenvalue weighted by Gasteiger charge is -2.35. The van der Waals surface area contributed by atoms with Crippen LogP contribution in [0.2, 0.25) is 0 Å². The fraction of sp³-hybridized carbons (Fsp3) is 0.238. The van der Waals surface area contributed by atoms with E-state index in [1.807, 2.05) is 23.1 Å². The van der Waals surface area contributed by atoms with Gasteiger partial charge in [-0.3, -0.25) is 15.0 Å². The molecule has 1 fully saturated rings. The van der Waals surface area contributed by atoms with E-state index in [1.54, 1.807) is 0 Å². The van der Waals surface area contributed by atoms with Crippen LogP contribution < -0.4 is 10.2 Å². The molecule has 1 N–H and O–H groups in total. The van der Waals surface area contributed by atoms with Gasteiger partial charge in [0.15, 0.2) is 11.6 Å². The van der Waals surface area contributed by atoms with E-state index >= 15 is 0 Å². The normalized spacial score (nSPS) is 14.5. The van der Waals surface area contributed by atoms with Crippen LogP contribution in [0.5, 0.6) is 0 Å². The summed E-state index contributed by atoms with van der Waals surface area (Å²) in [5, 5.41) is 14.5. The molecule has 10 heteroatoms. The van der Waals surface area contributed by atoms with Gasteiger partial charge in [-0.15, -0.1) is 0 Å². The summed E-state index contributed by atoms with van der Waals surface area (Å²) in [6.45, 7) is 3.39. The number of aromatic nitrogens is 2. The van der Waals surface area contributed by atoms with Crippen LogP contribution in [-0.4, -0.2) is 46.0 Å². The molecule has 1 aromatic heterocycles. The number of benzene rings is 2. The first-order chi connectivity index (χ1) is 15.0. The zero-order chi connectivity index (χ0) is 21.8. The third kappa shape index (κ3) is 4.75. The lowest BCUT2D eigenvalue weighted by Crippen LogP contribution is -2.46. The molecule has 0 unspecified atom stereocenters. The average Bonchev–Trinajstić information content (AvgIpc) is 2.77. The van der Waals surface area contributed by atoms with Gasteiger partial charge in [0.25, 0.3) is 0 Å². The molecule has 4 rings (SSSR count). The first-order valence-corrected chi connectivity index (χ1v) is 9.74. The van der Waals surface area contributed by atoms with E-state index in [2.05, 4.69) is 32.3 Å². The van der Waals surface area contributed by atoms with Gasteiger partial charge >= 0.3 is 5.69 Å². The highest BCUT2D eigenvalue weighted by Crippen LogP contribution is 2.34. The maximum Gasteiger partial charge on any atom is 0.353 e. The molecular weight excluding hydrogens is 406 g/mol. The minimum atomic E-state index is -1.06. The van der Waals surface area contributed by atoms with Gasteiger partial charge in [-0.2, -0.15) is 0 Å². The molecular formula is C21H20F2N6O2. The van der Waals surface area contributed by atoms with Gasteiger partial charge in [0, 0.05) is 44.5 Å². The van der Waals surface area contributed by atoms with Crippen LogP contribution in [0, 0.1) is 21.7 Å². The monoisotopic (exact) mass is 426 g/mol. The number of hydrogen-bond acceptors (Lipinski definition) is 7. The third-order valence-electron chi connectivity index (χ3n) is 5.09. The second kappa shape index (κ2) is 9.00. The number of nitrogens with one attached hydrogen (secondary N) is 1. The van der Waals surface area contributed by atoms with Crippen molar-refractivity contribution in [3.8, 4) is 0 Å². The van der Waals surface area contributed by atoms with Crippen LogP contribution in [0.3, 0.4) is 0 Å². The molecule has 0 amide bonds. The van der Waals surface area contributed by atoms with Crippen molar-refractivity contribution in [1.82, 2.24) is 14.9 Å². The molecule has 0 radical (unpaired) electrons. The van der Waals surface area contributed by atoms with Crippen molar-refractivity contribution in [2.45, 2.75) is 6.54 Å². The van der Waals surface area contributed by atoms with Crippen molar-refractivity contribution in [1.29, 1.82) is 0 Å². The molecule has 1 aliphatic rings. The fourth-order valence-corrected chi connectivity index (χ4v) is 3.53. The summed E-state index contributed by atoms with van der Waals surface area (Å²) in [6.07, 6.45) is 1.22. The first kappa shape index (κ1) is 20.6. The van der Waals surface area contributed by atoms with Gasteiger partial charge in [0.05, 0.1) is 4.92 Å². The van der Waals surface area contributed by atoms with Crippen molar-refractivity contribution in [3.05, 3.63) is 82.2 Å². The van der Waals surface area contributed by atoms with E-state index in [9.17, 15) is 18.9 Å². The minimum absolute atomic E-state index is 0.0762. The summed E-state index contributed by atoms with van der Waals surface area (Å²) in [5.41, 5.74) is 1.06. The molecule has 0 bridgehead atoms. The molecule has 8 nitrogen and oxygen atoms in total. The molecule has 2 heterocycles. The van der Waals surface area contributed by atoms with Gasteiger partial charge in [-0.05, 0) is 17.7 Å². The summed E-state index contributed by atoms with van der Waals surface area (Å²) in [4.78, 5) is 23.5. The third-order valence-corrected chi connectivity index (χ3v) is 5.09. The smallest absolute Gasteiger partial charge is 0.348 e. The summed E-state index contributed by atoms with van der Waals surface area (Å²) in [7, 11) is 0. The molecule has 1 saturated heterocycles. The van der Waals surface area contributed by atoms with Crippen LogP contribution >= 0.6 is 0 Å². The molecule has 0 saturated carbocycles. The molecule has 0 aliphatic carbocycles. The van der Waals surface area contributed by atoms with Gasteiger partial charge in [-0.1, -0.05) is 30.3 Å². The number of piperazine rings is 1. The maximum atomic E-state index is 13.5. The van der Waals surface area contributed by atoms with Crippen LogP contribution in [0.4, 0.5) is 31.8 Å². The van der Waals surface area contributed by atoms with Crippen molar-refractivity contribution < 1.29 is 13.7 Å². The second-order valence-corrected chi connectivity index (χ2v) is 7.15. The zero-order valence-electron chi connectivity index (χ0n) is 16.5. The van der Waals surface area contributed by atoms with Crippen molar-refractivity contribution in [3.63, 3.8) is 0 Å². The van der Waals surface area contributed by atoms with Gasteiger partial charge in [0.2, 0.25) is 11.6 Å². The number of hydrogen-bond donors (Lipinski definition) is 1. The Morgan fingerprint density at radius 2 is 1.74 bits per heavy atom. The lowest BCUT2D eigenvalue weighted by atomic mass is 10.2. The van der Waals surface area contributed by atoms with E-state index in [0.29, 0.717) is 13.1 Å². The van der Waals surface area contributed by atoms with E-state index in [0.717, 1.165) is 31.8 Å². The number of rotatable bonds is 6. The molecule has 160 valence electrons. The highest BCUT2D eigenvalue weighted by Gasteiger charge is 2.29. The highest BCUT2D eigenvalue weighted by atomic mass is 19.2. The summed E-state index contributed by atoms with van der Waals surface area (Å²) >= 11 is 0. The van der Waals surface area contributed by atoms with Crippen molar-refractivity contribution in [2.75, 3.05) is 36.4 Å². The molecule has 1 aliphatic heterocycles. The Labute approximate surface area is 177 Å². The fourth-order valence-electron chi connectivity index (χ4n) is 3.53. The zero-order valence-corrected chi connectivity index (χ0v) is 16.5. The Hall–Kier alpha value is -3.66. The molecule has 3 aromatic rings. The Balaban J connectivity index is 1.51. The SMILES string of the molecule is O=[N+]([O-])c1c(Nc2ccc(F)c(F)c2)ncnc1N1CCN(Cc2ccccc2)CC1. The van der Waals surface area contributed by atoms with Gasteiger partial charge in [-0.25, -0.2) is 18.7 Å².